The molecular formula is C20H20BrNO3S2. The highest BCUT2D eigenvalue weighted by atomic mass is 79.9. The van der Waals surface area contributed by atoms with Crippen LogP contribution >= 0.6 is 27.7 Å². The molecule has 0 amide bonds. The van der Waals surface area contributed by atoms with Crippen LogP contribution in [0.15, 0.2) is 68.9 Å². The first kappa shape index (κ1) is 20.0. The Hall–Kier alpha value is -1.70. The van der Waals surface area contributed by atoms with Gasteiger partial charge in [-0.3, -0.25) is 4.72 Å². The fourth-order valence-corrected chi connectivity index (χ4v) is 5.11. The first-order valence-electron chi connectivity index (χ1n) is 8.58. The minimum absolute atomic E-state index is 0.183. The van der Waals surface area contributed by atoms with E-state index in [-0.39, 0.29) is 10.6 Å². The van der Waals surface area contributed by atoms with Crippen molar-refractivity contribution in [2.24, 2.45) is 0 Å². The second-order valence-electron chi connectivity index (χ2n) is 6.08. The van der Waals surface area contributed by atoms with E-state index in [1.54, 1.807) is 42.5 Å². The van der Waals surface area contributed by atoms with E-state index in [4.69, 9.17) is 0 Å². The van der Waals surface area contributed by atoms with Gasteiger partial charge in [0.05, 0.1) is 15.5 Å². The molecule has 142 valence electrons. The number of rotatable bonds is 7. The highest BCUT2D eigenvalue weighted by Gasteiger charge is 2.18. The largest absolute Gasteiger partial charge is 0.506 e. The smallest absolute Gasteiger partial charge is 0.261 e. The van der Waals surface area contributed by atoms with E-state index in [2.05, 4.69) is 27.6 Å². The summed E-state index contributed by atoms with van der Waals surface area (Å²) in [5.41, 5.74) is 0.463. The van der Waals surface area contributed by atoms with Crippen LogP contribution in [0.25, 0.3) is 10.8 Å². The number of halogens is 1. The summed E-state index contributed by atoms with van der Waals surface area (Å²) < 4.78 is 29.1. The van der Waals surface area contributed by atoms with E-state index in [9.17, 15) is 13.5 Å². The van der Waals surface area contributed by atoms with Crippen LogP contribution in [0.3, 0.4) is 0 Å². The summed E-state index contributed by atoms with van der Waals surface area (Å²) in [6.45, 7) is 2.11. The summed E-state index contributed by atoms with van der Waals surface area (Å²) in [5.74, 6) is 1.06. The predicted octanol–water partition coefficient (Wildman–Crippen LogP) is 6.00. The fourth-order valence-electron chi connectivity index (χ4n) is 2.67. The van der Waals surface area contributed by atoms with Gasteiger partial charge < -0.3 is 5.11 Å². The summed E-state index contributed by atoms with van der Waals surface area (Å²) in [5, 5.41) is 11.9. The third-order valence-electron chi connectivity index (χ3n) is 4.10. The molecule has 2 N–H and O–H groups in total. The van der Waals surface area contributed by atoms with Gasteiger partial charge in [0.15, 0.2) is 0 Å². The van der Waals surface area contributed by atoms with Crippen LogP contribution in [0, 0.1) is 0 Å². The molecule has 0 aliphatic rings. The number of fused-ring (bicyclic) bond motifs is 1. The SMILES string of the molecule is CCCCSc1cc(NS(=O)(=O)c2ccc(Br)cc2)c2ccccc2c1O. The normalized spacial score (nSPS) is 11.6. The summed E-state index contributed by atoms with van der Waals surface area (Å²) >= 11 is 4.85. The number of unbranched alkanes of at least 4 members (excludes halogenated alkanes) is 1. The topological polar surface area (TPSA) is 66.4 Å². The molecule has 3 aromatic carbocycles. The van der Waals surface area contributed by atoms with Gasteiger partial charge in [-0.1, -0.05) is 53.5 Å². The molecule has 0 saturated carbocycles. The number of aromatic hydroxyl groups is 1. The van der Waals surface area contributed by atoms with E-state index < -0.39 is 10.0 Å². The van der Waals surface area contributed by atoms with Crippen molar-refractivity contribution < 1.29 is 13.5 Å². The fraction of sp³-hybridized carbons (Fsp3) is 0.200. The number of hydrogen-bond acceptors (Lipinski definition) is 4. The van der Waals surface area contributed by atoms with Crippen LogP contribution in [0.1, 0.15) is 19.8 Å². The zero-order valence-electron chi connectivity index (χ0n) is 14.8. The highest BCUT2D eigenvalue weighted by Crippen LogP contribution is 2.40. The van der Waals surface area contributed by atoms with Crippen molar-refractivity contribution in [2.75, 3.05) is 10.5 Å². The lowest BCUT2D eigenvalue weighted by molar-refractivity contribution is 0.469. The van der Waals surface area contributed by atoms with Crippen molar-refractivity contribution in [3.05, 3.63) is 59.1 Å². The minimum Gasteiger partial charge on any atom is -0.506 e. The molecule has 4 nitrogen and oxygen atoms in total. The van der Waals surface area contributed by atoms with Gasteiger partial charge in [-0.15, -0.1) is 11.8 Å². The van der Waals surface area contributed by atoms with Gasteiger partial charge >= 0.3 is 0 Å². The predicted molar refractivity (Wildman–Crippen MR) is 116 cm³/mol. The molecule has 0 atom stereocenters. The quantitative estimate of drug-likeness (QED) is 0.255. The van der Waals surface area contributed by atoms with Gasteiger partial charge in [-0.05, 0) is 42.5 Å². The second kappa shape index (κ2) is 8.54. The van der Waals surface area contributed by atoms with Gasteiger partial charge in [0.1, 0.15) is 5.75 Å². The maximum absolute atomic E-state index is 12.8. The lowest BCUT2D eigenvalue weighted by atomic mass is 10.1. The van der Waals surface area contributed by atoms with Crippen molar-refractivity contribution in [3.8, 4) is 5.75 Å². The molecule has 0 aromatic heterocycles. The third-order valence-corrected chi connectivity index (χ3v) is 7.13. The zero-order valence-corrected chi connectivity index (χ0v) is 18.0. The van der Waals surface area contributed by atoms with Crippen LogP contribution in [0.4, 0.5) is 5.69 Å². The Labute approximate surface area is 172 Å². The van der Waals surface area contributed by atoms with Gasteiger partial charge in [0.25, 0.3) is 10.0 Å². The van der Waals surface area contributed by atoms with E-state index in [0.717, 1.165) is 23.1 Å². The van der Waals surface area contributed by atoms with Crippen LogP contribution in [-0.4, -0.2) is 19.3 Å². The average molecular weight is 466 g/mol. The molecule has 0 spiro atoms. The number of nitrogens with one attached hydrogen (secondary N) is 1. The second-order valence-corrected chi connectivity index (χ2v) is 9.81. The van der Waals surface area contributed by atoms with Crippen molar-refractivity contribution in [1.82, 2.24) is 0 Å². The van der Waals surface area contributed by atoms with Gasteiger partial charge in [-0.2, -0.15) is 0 Å². The van der Waals surface area contributed by atoms with Crippen LogP contribution in [0.2, 0.25) is 0 Å². The molecule has 0 radical (unpaired) electrons. The number of phenolic OH excluding ortho intramolecular Hbond substituents is 1. The maximum Gasteiger partial charge on any atom is 0.261 e. The summed E-state index contributed by atoms with van der Waals surface area (Å²) in [6.07, 6.45) is 2.08. The van der Waals surface area contributed by atoms with E-state index in [1.165, 1.54) is 11.8 Å². The molecule has 3 aromatic rings. The highest BCUT2D eigenvalue weighted by molar-refractivity contribution is 9.10. The Bertz CT molecular complexity index is 1050. The molecule has 0 aliphatic heterocycles. The van der Waals surface area contributed by atoms with Crippen molar-refractivity contribution in [3.63, 3.8) is 0 Å². The van der Waals surface area contributed by atoms with Gasteiger partial charge in [0, 0.05) is 15.2 Å². The number of hydrogen-bond donors (Lipinski definition) is 2. The first-order chi connectivity index (χ1) is 12.9. The van der Waals surface area contributed by atoms with Crippen molar-refractivity contribution in [1.29, 1.82) is 0 Å². The zero-order chi connectivity index (χ0) is 19.4. The summed E-state index contributed by atoms with van der Waals surface area (Å²) in [6, 6.07) is 15.4. The molecule has 27 heavy (non-hydrogen) atoms. The molecule has 0 bridgehead atoms. The molecule has 7 heteroatoms. The van der Waals surface area contributed by atoms with Crippen molar-refractivity contribution in [2.45, 2.75) is 29.6 Å². The first-order valence-corrected chi connectivity index (χ1v) is 11.8. The number of phenols is 1. The average Bonchev–Trinajstić information content (AvgIpc) is 2.65. The third kappa shape index (κ3) is 4.59. The number of thioether (sulfide) groups is 1. The van der Waals surface area contributed by atoms with Gasteiger partial charge in [0.2, 0.25) is 0 Å². The number of anilines is 1. The van der Waals surface area contributed by atoms with E-state index in [1.807, 2.05) is 12.1 Å². The van der Waals surface area contributed by atoms with E-state index >= 15 is 0 Å². The lowest BCUT2D eigenvalue weighted by Crippen LogP contribution is -2.13. The number of benzene rings is 3. The Morgan fingerprint density at radius 1 is 1.07 bits per heavy atom. The van der Waals surface area contributed by atoms with Crippen LogP contribution in [-0.2, 0) is 10.0 Å². The molecule has 0 aliphatic carbocycles. The molecule has 0 saturated heterocycles. The monoisotopic (exact) mass is 465 g/mol. The molecule has 0 fully saturated rings. The van der Waals surface area contributed by atoms with Crippen LogP contribution < -0.4 is 4.72 Å². The Kier molecular flexibility index (Phi) is 6.34. The molecule has 3 rings (SSSR count). The minimum atomic E-state index is -3.74. The van der Waals surface area contributed by atoms with Gasteiger partial charge in [-0.25, -0.2) is 8.42 Å². The summed E-state index contributed by atoms with van der Waals surface area (Å²) in [7, 11) is -3.74. The summed E-state index contributed by atoms with van der Waals surface area (Å²) in [4.78, 5) is 0.860. The molecule has 0 unspecified atom stereocenters. The Morgan fingerprint density at radius 2 is 1.74 bits per heavy atom. The Balaban J connectivity index is 2.04. The molecular weight excluding hydrogens is 446 g/mol. The number of sulfonamides is 1. The standard InChI is InChI=1S/C20H20BrNO3S2/c1-2-3-12-26-19-13-18(16-6-4-5-7-17(16)20(19)23)22-27(24,25)15-10-8-14(21)9-11-15/h4-11,13,22-23H,2-3,12H2,1H3. The Morgan fingerprint density at radius 3 is 2.41 bits per heavy atom. The van der Waals surface area contributed by atoms with Crippen LogP contribution in [0.5, 0.6) is 5.75 Å². The van der Waals surface area contributed by atoms with E-state index in [0.29, 0.717) is 21.4 Å². The maximum atomic E-state index is 12.8. The molecule has 0 heterocycles. The lowest BCUT2D eigenvalue weighted by Gasteiger charge is -2.15. The van der Waals surface area contributed by atoms with Crippen molar-refractivity contribution >= 4 is 54.2 Å².